The van der Waals surface area contributed by atoms with Crippen molar-refractivity contribution in [3.05, 3.63) is 29.3 Å². The van der Waals surface area contributed by atoms with Crippen LogP contribution in [0.15, 0.2) is 23.2 Å². The minimum atomic E-state index is -4.49. The molecule has 1 unspecified atom stereocenters. The number of carboxylic acids is 1. The summed E-state index contributed by atoms with van der Waals surface area (Å²) >= 11 is 0. The number of carboxylic acid groups (broad SMARTS) is 1. The van der Waals surface area contributed by atoms with Gasteiger partial charge in [-0.3, -0.25) is 9.79 Å². The van der Waals surface area contributed by atoms with Crippen LogP contribution in [0.2, 0.25) is 0 Å². The van der Waals surface area contributed by atoms with E-state index < -0.39 is 30.9 Å². The van der Waals surface area contributed by atoms with Crippen molar-refractivity contribution in [2.24, 2.45) is 10.9 Å². The number of methoxy groups -OCH3 is 1. The third-order valence-electron chi connectivity index (χ3n) is 3.19. The quantitative estimate of drug-likeness (QED) is 0.781. The molecule has 0 aliphatic heterocycles. The highest BCUT2D eigenvalue weighted by atomic mass is 19.4. The third-order valence-corrected chi connectivity index (χ3v) is 3.19. The van der Waals surface area contributed by atoms with E-state index in [9.17, 15) is 18.0 Å². The van der Waals surface area contributed by atoms with Crippen LogP contribution in [-0.2, 0) is 11.3 Å². The molecular formula is C15H18F3NO3. The number of halogens is 3. The maximum absolute atomic E-state index is 12.8. The van der Waals surface area contributed by atoms with Crippen LogP contribution in [0.4, 0.5) is 13.2 Å². The van der Waals surface area contributed by atoms with Gasteiger partial charge in [-0.2, -0.15) is 13.2 Å². The Morgan fingerprint density at radius 3 is 2.64 bits per heavy atom. The first-order chi connectivity index (χ1) is 10.2. The number of aliphatic imine (C=N–C) groups is 1. The van der Waals surface area contributed by atoms with Crippen LogP contribution in [0.3, 0.4) is 0 Å². The third kappa shape index (κ3) is 5.75. The monoisotopic (exact) mass is 317 g/mol. The highest BCUT2D eigenvalue weighted by molar-refractivity contribution is 5.68. The lowest BCUT2D eigenvalue weighted by atomic mass is 10.0. The predicted octanol–water partition coefficient (Wildman–Crippen LogP) is 3.62. The molecule has 0 saturated heterocycles. The lowest BCUT2D eigenvalue weighted by Gasteiger charge is -2.15. The SMILES string of the molecule is COc1ccc(CN=CC(CCC(=O)O)C(F)(F)F)c(C)c1. The first kappa shape index (κ1) is 18.0. The van der Waals surface area contributed by atoms with Gasteiger partial charge in [0, 0.05) is 12.6 Å². The second-order valence-corrected chi connectivity index (χ2v) is 4.86. The van der Waals surface area contributed by atoms with Gasteiger partial charge in [-0.1, -0.05) is 6.07 Å². The molecular weight excluding hydrogens is 299 g/mol. The molecule has 7 heteroatoms. The molecule has 0 spiro atoms. The summed E-state index contributed by atoms with van der Waals surface area (Å²) in [6.07, 6.45) is -4.75. The molecule has 0 fully saturated rings. The second kappa shape index (κ2) is 7.82. The van der Waals surface area contributed by atoms with Crippen molar-refractivity contribution in [2.45, 2.75) is 32.5 Å². The Morgan fingerprint density at radius 1 is 1.45 bits per heavy atom. The minimum Gasteiger partial charge on any atom is -0.497 e. The fourth-order valence-corrected chi connectivity index (χ4v) is 1.85. The Morgan fingerprint density at radius 2 is 2.14 bits per heavy atom. The average molecular weight is 317 g/mol. The highest BCUT2D eigenvalue weighted by Crippen LogP contribution is 2.28. The van der Waals surface area contributed by atoms with Crippen molar-refractivity contribution in [1.82, 2.24) is 0 Å². The number of aliphatic carboxylic acids is 1. The van der Waals surface area contributed by atoms with Crippen LogP contribution < -0.4 is 4.74 Å². The van der Waals surface area contributed by atoms with Crippen molar-refractivity contribution in [2.75, 3.05) is 7.11 Å². The van der Waals surface area contributed by atoms with Crippen LogP contribution in [0.5, 0.6) is 5.75 Å². The van der Waals surface area contributed by atoms with E-state index in [1.807, 2.05) is 6.92 Å². The van der Waals surface area contributed by atoms with Crippen LogP contribution in [0.25, 0.3) is 0 Å². The van der Waals surface area contributed by atoms with Crippen molar-refractivity contribution >= 4 is 12.2 Å². The van der Waals surface area contributed by atoms with Gasteiger partial charge < -0.3 is 9.84 Å². The smallest absolute Gasteiger partial charge is 0.396 e. The number of benzene rings is 1. The van der Waals surface area contributed by atoms with Crippen molar-refractivity contribution in [1.29, 1.82) is 0 Å². The van der Waals surface area contributed by atoms with Gasteiger partial charge in [0.1, 0.15) is 5.75 Å². The van der Waals surface area contributed by atoms with E-state index in [2.05, 4.69) is 4.99 Å². The molecule has 1 N–H and O–H groups in total. The molecule has 0 heterocycles. The van der Waals surface area contributed by atoms with E-state index in [0.717, 1.165) is 17.3 Å². The van der Waals surface area contributed by atoms with Gasteiger partial charge in [0.2, 0.25) is 0 Å². The van der Waals surface area contributed by atoms with Crippen LogP contribution >= 0.6 is 0 Å². The summed E-state index contributed by atoms with van der Waals surface area (Å²) in [6, 6.07) is 5.23. The summed E-state index contributed by atoms with van der Waals surface area (Å²) in [5.74, 6) is -2.43. The van der Waals surface area contributed by atoms with E-state index in [4.69, 9.17) is 9.84 Å². The topological polar surface area (TPSA) is 58.9 Å². The molecule has 0 amide bonds. The maximum Gasteiger partial charge on any atom is 0.396 e. The number of carbonyl (C=O) groups is 1. The van der Waals surface area contributed by atoms with E-state index in [0.29, 0.717) is 5.75 Å². The van der Waals surface area contributed by atoms with E-state index in [1.54, 1.807) is 18.2 Å². The van der Waals surface area contributed by atoms with Gasteiger partial charge >= 0.3 is 12.1 Å². The number of aryl methyl sites for hydroxylation is 1. The first-order valence-electron chi connectivity index (χ1n) is 6.66. The predicted molar refractivity (Wildman–Crippen MR) is 76.3 cm³/mol. The Hall–Kier alpha value is -2.05. The largest absolute Gasteiger partial charge is 0.497 e. The summed E-state index contributed by atoms with van der Waals surface area (Å²) in [5, 5.41) is 8.49. The summed E-state index contributed by atoms with van der Waals surface area (Å²) in [6.45, 7) is 1.93. The lowest BCUT2D eigenvalue weighted by molar-refractivity contribution is -0.158. The van der Waals surface area contributed by atoms with Gasteiger partial charge in [0.15, 0.2) is 0 Å². The number of hydrogen-bond acceptors (Lipinski definition) is 3. The number of nitrogens with zero attached hydrogens (tertiary/aromatic N) is 1. The maximum atomic E-state index is 12.8. The van der Waals surface area contributed by atoms with Gasteiger partial charge in [0.05, 0.1) is 19.6 Å². The number of rotatable bonds is 7. The second-order valence-electron chi connectivity index (χ2n) is 4.86. The number of hydrogen-bond donors (Lipinski definition) is 1. The molecule has 1 aromatic carbocycles. The van der Waals surface area contributed by atoms with E-state index in [1.165, 1.54) is 7.11 Å². The zero-order valence-corrected chi connectivity index (χ0v) is 12.4. The highest BCUT2D eigenvalue weighted by Gasteiger charge is 2.38. The molecule has 22 heavy (non-hydrogen) atoms. The summed E-state index contributed by atoms with van der Waals surface area (Å²) in [7, 11) is 1.53. The molecule has 0 bridgehead atoms. The number of ether oxygens (including phenoxy) is 1. The van der Waals surface area contributed by atoms with Gasteiger partial charge in [-0.25, -0.2) is 0 Å². The van der Waals surface area contributed by atoms with Crippen molar-refractivity contribution < 1.29 is 27.8 Å². The average Bonchev–Trinajstić information content (AvgIpc) is 2.42. The van der Waals surface area contributed by atoms with Crippen LogP contribution in [0.1, 0.15) is 24.0 Å². The Labute approximate surface area is 126 Å². The molecule has 0 aromatic heterocycles. The zero-order valence-electron chi connectivity index (χ0n) is 12.4. The Kier molecular flexibility index (Phi) is 6.39. The molecule has 1 aromatic rings. The van der Waals surface area contributed by atoms with E-state index in [-0.39, 0.29) is 6.54 Å². The number of alkyl halides is 3. The summed E-state index contributed by atoms with van der Waals surface area (Å²) in [5.41, 5.74) is 1.65. The zero-order chi connectivity index (χ0) is 16.8. The Bertz CT molecular complexity index is 541. The fraction of sp³-hybridized carbons (Fsp3) is 0.467. The van der Waals surface area contributed by atoms with Crippen molar-refractivity contribution in [3.8, 4) is 5.75 Å². The molecule has 4 nitrogen and oxygen atoms in total. The normalized spacial score (nSPS) is 13.3. The Balaban J connectivity index is 2.73. The van der Waals surface area contributed by atoms with Crippen LogP contribution in [-0.4, -0.2) is 30.6 Å². The molecule has 0 radical (unpaired) electrons. The summed E-state index contributed by atoms with van der Waals surface area (Å²) in [4.78, 5) is 14.2. The van der Waals surface area contributed by atoms with Gasteiger partial charge in [-0.05, 0) is 36.6 Å². The summed E-state index contributed by atoms with van der Waals surface area (Å²) < 4.78 is 43.4. The standard InChI is InChI=1S/C15H18F3NO3/c1-10-7-13(22-2)5-3-11(10)8-19-9-12(15(16,17)18)4-6-14(20)21/h3,5,7,9,12H,4,6,8H2,1-2H3,(H,20,21). The van der Waals surface area contributed by atoms with Crippen LogP contribution in [0, 0.1) is 12.8 Å². The fourth-order valence-electron chi connectivity index (χ4n) is 1.85. The first-order valence-corrected chi connectivity index (χ1v) is 6.66. The van der Waals surface area contributed by atoms with Crippen molar-refractivity contribution in [3.63, 3.8) is 0 Å². The lowest BCUT2D eigenvalue weighted by Crippen LogP contribution is -2.25. The molecule has 122 valence electrons. The van der Waals surface area contributed by atoms with Gasteiger partial charge in [0.25, 0.3) is 0 Å². The minimum absolute atomic E-state index is 0.107. The van der Waals surface area contributed by atoms with Gasteiger partial charge in [-0.15, -0.1) is 0 Å². The molecule has 1 atom stereocenters. The molecule has 0 saturated carbocycles. The molecule has 0 aliphatic carbocycles. The molecule has 1 rings (SSSR count). The molecule has 0 aliphatic rings. The van der Waals surface area contributed by atoms with E-state index >= 15 is 0 Å².